The van der Waals surface area contributed by atoms with Crippen molar-refractivity contribution in [3.63, 3.8) is 0 Å². The minimum atomic E-state index is 0.507. The first-order chi connectivity index (χ1) is 10.6. The van der Waals surface area contributed by atoms with E-state index in [1.54, 1.807) is 24.5 Å². The van der Waals surface area contributed by atoms with E-state index in [9.17, 15) is 0 Å². The van der Waals surface area contributed by atoms with Gasteiger partial charge in [-0.2, -0.15) is 0 Å². The predicted molar refractivity (Wildman–Crippen MR) is 87.5 cm³/mol. The van der Waals surface area contributed by atoms with E-state index in [1.807, 2.05) is 37.3 Å². The molecule has 110 valence electrons. The molecule has 0 saturated heterocycles. The zero-order valence-corrected chi connectivity index (χ0v) is 12.2. The Hall–Kier alpha value is -3.08. The molecule has 0 aliphatic heterocycles. The number of hydrogen-bond acceptors (Lipinski definition) is 5. The first kappa shape index (κ1) is 13.9. The normalized spacial score (nSPS) is 10.4. The SMILES string of the molecule is Cc1cc(N)ncc1-c1ccc(Oc2ccc(N)cn2)cc1. The minimum Gasteiger partial charge on any atom is -0.439 e. The Kier molecular flexibility index (Phi) is 3.62. The summed E-state index contributed by atoms with van der Waals surface area (Å²) in [5.41, 5.74) is 15.1. The van der Waals surface area contributed by atoms with E-state index < -0.39 is 0 Å². The number of hydrogen-bond donors (Lipinski definition) is 2. The average molecular weight is 292 g/mol. The van der Waals surface area contributed by atoms with Crippen LogP contribution in [0.4, 0.5) is 11.5 Å². The van der Waals surface area contributed by atoms with Crippen molar-refractivity contribution in [1.82, 2.24) is 9.97 Å². The van der Waals surface area contributed by atoms with Gasteiger partial charge in [0.05, 0.1) is 11.9 Å². The molecule has 0 spiro atoms. The van der Waals surface area contributed by atoms with Gasteiger partial charge in [-0.05, 0) is 42.3 Å². The zero-order valence-electron chi connectivity index (χ0n) is 12.2. The number of benzene rings is 1. The van der Waals surface area contributed by atoms with Gasteiger partial charge in [-0.15, -0.1) is 0 Å². The highest BCUT2D eigenvalue weighted by Crippen LogP contribution is 2.27. The number of nitrogens with zero attached hydrogens (tertiary/aromatic N) is 2. The number of anilines is 2. The van der Waals surface area contributed by atoms with Crippen LogP contribution < -0.4 is 16.2 Å². The van der Waals surface area contributed by atoms with Crippen molar-refractivity contribution in [2.75, 3.05) is 11.5 Å². The molecular weight excluding hydrogens is 276 g/mol. The van der Waals surface area contributed by atoms with Gasteiger partial charge >= 0.3 is 0 Å². The fraction of sp³-hybridized carbons (Fsp3) is 0.0588. The Morgan fingerprint density at radius 2 is 1.68 bits per heavy atom. The van der Waals surface area contributed by atoms with Crippen LogP contribution in [-0.2, 0) is 0 Å². The van der Waals surface area contributed by atoms with Crippen LogP contribution in [0.5, 0.6) is 11.6 Å². The summed E-state index contributed by atoms with van der Waals surface area (Å²) in [5, 5.41) is 0. The lowest BCUT2D eigenvalue weighted by molar-refractivity contribution is 0.463. The number of nitrogen functional groups attached to an aromatic ring is 2. The fourth-order valence-corrected chi connectivity index (χ4v) is 2.16. The zero-order chi connectivity index (χ0) is 15.5. The third-order valence-electron chi connectivity index (χ3n) is 3.28. The predicted octanol–water partition coefficient (Wildman–Crippen LogP) is 3.41. The second-order valence-corrected chi connectivity index (χ2v) is 4.98. The highest BCUT2D eigenvalue weighted by molar-refractivity contribution is 5.68. The second-order valence-electron chi connectivity index (χ2n) is 4.98. The molecule has 22 heavy (non-hydrogen) atoms. The molecule has 0 unspecified atom stereocenters. The summed E-state index contributed by atoms with van der Waals surface area (Å²) >= 11 is 0. The summed E-state index contributed by atoms with van der Waals surface area (Å²) in [5.74, 6) is 1.74. The summed E-state index contributed by atoms with van der Waals surface area (Å²) in [6, 6.07) is 13.1. The van der Waals surface area contributed by atoms with Crippen LogP contribution in [0, 0.1) is 6.92 Å². The number of nitrogens with two attached hydrogens (primary N) is 2. The lowest BCUT2D eigenvalue weighted by atomic mass is 10.0. The standard InChI is InChI=1S/C17H16N4O/c1-11-8-16(19)20-10-15(11)12-2-5-14(6-3-12)22-17-7-4-13(18)9-21-17/h2-10H,18H2,1H3,(H2,19,20). The lowest BCUT2D eigenvalue weighted by Gasteiger charge is -2.08. The molecule has 0 atom stereocenters. The Morgan fingerprint density at radius 1 is 0.909 bits per heavy atom. The Bertz CT molecular complexity index is 783. The maximum absolute atomic E-state index is 5.68. The van der Waals surface area contributed by atoms with E-state index in [0.29, 0.717) is 23.1 Å². The van der Waals surface area contributed by atoms with Gasteiger partial charge in [-0.3, -0.25) is 0 Å². The van der Waals surface area contributed by atoms with Gasteiger partial charge in [0.15, 0.2) is 0 Å². The van der Waals surface area contributed by atoms with Crippen LogP contribution >= 0.6 is 0 Å². The van der Waals surface area contributed by atoms with Gasteiger partial charge in [-0.25, -0.2) is 9.97 Å². The summed E-state index contributed by atoms with van der Waals surface area (Å²) in [6.45, 7) is 2.01. The molecule has 3 aromatic rings. The smallest absolute Gasteiger partial charge is 0.219 e. The molecule has 5 heteroatoms. The quantitative estimate of drug-likeness (QED) is 0.772. The number of pyridine rings is 2. The van der Waals surface area contributed by atoms with Gasteiger partial charge in [0.25, 0.3) is 0 Å². The Balaban J connectivity index is 1.81. The summed E-state index contributed by atoms with van der Waals surface area (Å²) in [7, 11) is 0. The monoisotopic (exact) mass is 292 g/mol. The van der Waals surface area contributed by atoms with Crippen LogP contribution in [0.25, 0.3) is 11.1 Å². The van der Waals surface area contributed by atoms with Crippen LogP contribution in [0.1, 0.15) is 5.56 Å². The van der Waals surface area contributed by atoms with E-state index in [4.69, 9.17) is 16.2 Å². The second kappa shape index (κ2) is 5.73. The van der Waals surface area contributed by atoms with E-state index in [-0.39, 0.29) is 0 Å². The van der Waals surface area contributed by atoms with Gasteiger partial charge in [-0.1, -0.05) is 12.1 Å². The highest BCUT2D eigenvalue weighted by atomic mass is 16.5. The maximum Gasteiger partial charge on any atom is 0.219 e. The highest BCUT2D eigenvalue weighted by Gasteiger charge is 2.04. The first-order valence-electron chi connectivity index (χ1n) is 6.84. The first-order valence-corrected chi connectivity index (χ1v) is 6.84. The van der Waals surface area contributed by atoms with Crippen molar-refractivity contribution in [2.45, 2.75) is 6.92 Å². The van der Waals surface area contributed by atoms with E-state index in [1.165, 1.54) is 0 Å². The van der Waals surface area contributed by atoms with Crippen molar-refractivity contribution in [3.8, 4) is 22.8 Å². The molecule has 0 amide bonds. The van der Waals surface area contributed by atoms with Crippen LogP contribution in [0.15, 0.2) is 54.9 Å². The molecule has 3 rings (SSSR count). The third-order valence-corrected chi connectivity index (χ3v) is 3.28. The minimum absolute atomic E-state index is 0.507. The van der Waals surface area contributed by atoms with Gasteiger partial charge < -0.3 is 16.2 Å². The Labute approximate surface area is 128 Å². The molecule has 2 heterocycles. The van der Waals surface area contributed by atoms with Crippen LogP contribution in [-0.4, -0.2) is 9.97 Å². The number of ether oxygens (including phenoxy) is 1. The summed E-state index contributed by atoms with van der Waals surface area (Å²) in [4.78, 5) is 8.25. The summed E-state index contributed by atoms with van der Waals surface area (Å²) < 4.78 is 5.67. The molecule has 0 saturated carbocycles. The number of aromatic nitrogens is 2. The fourth-order valence-electron chi connectivity index (χ4n) is 2.16. The van der Waals surface area contributed by atoms with Gasteiger partial charge in [0, 0.05) is 17.8 Å². The third kappa shape index (κ3) is 2.98. The van der Waals surface area contributed by atoms with Gasteiger partial charge in [0.1, 0.15) is 11.6 Å². The average Bonchev–Trinajstić information content (AvgIpc) is 2.51. The molecule has 5 nitrogen and oxygen atoms in total. The van der Waals surface area contributed by atoms with Crippen LogP contribution in [0.3, 0.4) is 0 Å². The summed E-state index contributed by atoms with van der Waals surface area (Å²) in [6.07, 6.45) is 3.34. The number of rotatable bonds is 3. The molecule has 0 aliphatic rings. The van der Waals surface area contributed by atoms with Crippen molar-refractivity contribution in [3.05, 3.63) is 60.4 Å². The van der Waals surface area contributed by atoms with Crippen molar-refractivity contribution in [1.29, 1.82) is 0 Å². The molecule has 0 aliphatic carbocycles. The maximum atomic E-state index is 5.68. The van der Waals surface area contributed by atoms with E-state index in [0.717, 1.165) is 16.7 Å². The molecule has 0 fully saturated rings. The van der Waals surface area contributed by atoms with Crippen LogP contribution in [0.2, 0.25) is 0 Å². The molecular formula is C17H16N4O. The van der Waals surface area contributed by atoms with Crippen molar-refractivity contribution < 1.29 is 4.74 Å². The van der Waals surface area contributed by atoms with Crippen molar-refractivity contribution >= 4 is 11.5 Å². The lowest BCUT2D eigenvalue weighted by Crippen LogP contribution is -1.93. The number of aryl methyl sites for hydroxylation is 1. The molecule has 2 aromatic heterocycles. The van der Waals surface area contributed by atoms with Crippen molar-refractivity contribution in [2.24, 2.45) is 0 Å². The molecule has 4 N–H and O–H groups in total. The molecule has 0 radical (unpaired) electrons. The largest absolute Gasteiger partial charge is 0.439 e. The Morgan fingerprint density at radius 3 is 2.32 bits per heavy atom. The molecule has 1 aromatic carbocycles. The van der Waals surface area contributed by atoms with E-state index >= 15 is 0 Å². The topological polar surface area (TPSA) is 87.0 Å². The van der Waals surface area contributed by atoms with E-state index in [2.05, 4.69) is 9.97 Å². The molecule has 0 bridgehead atoms. The van der Waals surface area contributed by atoms with Gasteiger partial charge in [0.2, 0.25) is 5.88 Å².